The van der Waals surface area contributed by atoms with Gasteiger partial charge in [-0.05, 0) is 18.1 Å². The molecular weight excluding hydrogens is 388 g/mol. The minimum Gasteiger partial charge on any atom is -0.496 e. The molecule has 1 saturated heterocycles. The number of ether oxygens (including phenoxy) is 2. The maximum absolute atomic E-state index is 13.2. The van der Waals surface area contributed by atoms with Crippen LogP contribution in [0.5, 0.6) is 5.75 Å². The van der Waals surface area contributed by atoms with E-state index in [0.29, 0.717) is 11.3 Å². The first-order valence-corrected chi connectivity index (χ1v) is 9.61. The predicted molar refractivity (Wildman–Crippen MR) is 109 cm³/mol. The molecule has 8 nitrogen and oxygen atoms in total. The maximum Gasteiger partial charge on any atom is 0.332 e. The SMILES string of the molecule is COC(=O)[C@@]1([C@H](C[N+](=O)[O-])c2ccccc2OC)CCC(=O)N1Cc1ccccc1. The highest BCUT2D eigenvalue weighted by Gasteiger charge is 2.59. The summed E-state index contributed by atoms with van der Waals surface area (Å²) >= 11 is 0. The quantitative estimate of drug-likeness (QED) is 0.376. The van der Waals surface area contributed by atoms with Gasteiger partial charge in [0.15, 0.2) is 5.54 Å². The molecule has 8 heteroatoms. The average molecular weight is 412 g/mol. The number of carbonyl (C=O) groups is 2. The van der Waals surface area contributed by atoms with Gasteiger partial charge < -0.3 is 14.4 Å². The second-order valence-electron chi connectivity index (χ2n) is 7.19. The smallest absolute Gasteiger partial charge is 0.332 e. The van der Waals surface area contributed by atoms with Gasteiger partial charge >= 0.3 is 5.97 Å². The Kier molecular flexibility index (Phi) is 6.34. The van der Waals surface area contributed by atoms with Crippen LogP contribution in [-0.4, -0.2) is 48.0 Å². The van der Waals surface area contributed by atoms with E-state index in [-0.39, 0.29) is 25.3 Å². The number of hydrogen-bond acceptors (Lipinski definition) is 6. The lowest BCUT2D eigenvalue weighted by Gasteiger charge is -2.40. The van der Waals surface area contributed by atoms with Gasteiger partial charge in [0.2, 0.25) is 12.5 Å². The number of carbonyl (C=O) groups excluding carboxylic acids is 2. The highest BCUT2D eigenvalue weighted by atomic mass is 16.6. The number of esters is 1. The summed E-state index contributed by atoms with van der Waals surface area (Å²) < 4.78 is 10.5. The van der Waals surface area contributed by atoms with Crippen molar-refractivity contribution in [2.24, 2.45) is 0 Å². The van der Waals surface area contributed by atoms with E-state index in [1.165, 1.54) is 19.1 Å². The average Bonchev–Trinajstić information content (AvgIpc) is 3.09. The van der Waals surface area contributed by atoms with Crippen LogP contribution in [0.1, 0.15) is 29.9 Å². The number of hydrogen-bond donors (Lipinski definition) is 0. The van der Waals surface area contributed by atoms with E-state index >= 15 is 0 Å². The molecule has 158 valence electrons. The third-order valence-electron chi connectivity index (χ3n) is 5.65. The lowest BCUT2D eigenvalue weighted by atomic mass is 9.76. The van der Waals surface area contributed by atoms with Crippen LogP contribution >= 0.6 is 0 Å². The number of para-hydroxylation sites is 1. The largest absolute Gasteiger partial charge is 0.496 e. The standard InChI is InChI=1S/C22H24N2O6/c1-29-19-11-7-6-10-17(19)18(15-24(27)28)22(21(26)30-2)13-12-20(25)23(22)14-16-8-4-3-5-9-16/h3-11,18H,12-15H2,1-2H3/t18-,22+/m1/s1. The van der Waals surface area contributed by atoms with Crippen LogP contribution in [0.3, 0.4) is 0 Å². The highest BCUT2D eigenvalue weighted by Crippen LogP contribution is 2.46. The Labute approximate surface area is 174 Å². The first-order chi connectivity index (χ1) is 14.4. The Morgan fingerprint density at radius 2 is 1.83 bits per heavy atom. The molecule has 0 N–H and O–H groups in total. The summed E-state index contributed by atoms with van der Waals surface area (Å²) in [7, 11) is 2.70. The molecule has 0 unspecified atom stereocenters. The van der Waals surface area contributed by atoms with Crippen LogP contribution in [0.15, 0.2) is 54.6 Å². The van der Waals surface area contributed by atoms with Crippen molar-refractivity contribution in [2.45, 2.75) is 30.8 Å². The van der Waals surface area contributed by atoms with Gasteiger partial charge in [-0.3, -0.25) is 14.9 Å². The summed E-state index contributed by atoms with van der Waals surface area (Å²) in [6, 6.07) is 16.1. The highest BCUT2D eigenvalue weighted by molar-refractivity contribution is 5.93. The molecule has 0 spiro atoms. The molecule has 0 saturated carbocycles. The van der Waals surface area contributed by atoms with Crippen LogP contribution < -0.4 is 4.74 Å². The van der Waals surface area contributed by atoms with Crippen LogP contribution in [0.25, 0.3) is 0 Å². The van der Waals surface area contributed by atoms with Crippen LogP contribution in [0.4, 0.5) is 0 Å². The maximum atomic E-state index is 13.2. The number of benzene rings is 2. The zero-order valence-electron chi connectivity index (χ0n) is 16.9. The third-order valence-corrected chi connectivity index (χ3v) is 5.65. The summed E-state index contributed by atoms with van der Waals surface area (Å²) in [4.78, 5) is 38.7. The molecule has 1 fully saturated rings. The van der Waals surface area contributed by atoms with Gasteiger partial charge in [0, 0.05) is 23.5 Å². The van der Waals surface area contributed by atoms with E-state index in [2.05, 4.69) is 0 Å². The monoisotopic (exact) mass is 412 g/mol. The van der Waals surface area contributed by atoms with Gasteiger partial charge in [-0.25, -0.2) is 4.79 Å². The van der Waals surface area contributed by atoms with Crippen molar-refractivity contribution in [3.05, 3.63) is 75.8 Å². The number of likely N-dealkylation sites (tertiary alicyclic amines) is 1. The Hall–Kier alpha value is -3.42. The van der Waals surface area contributed by atoms with Crippen LogP contribution in [0, 0.1) is 10.1 Å². The van der Waals surface area contributed by atoms with Crippen molar-refractivity contribution in [1.82, 2.24) is 4.90 Å². The van der Waals surface area contributed by atoms with E-state index in [1.54, 1.807) is 24.3 Å². The number of methoxy groups -OCH3 is 2. The topological polar surface area (TPSA) is 99.0 Å². The molecule has 1 aliphatic heterocycles. The lowest BCUT2D eigenvalue weighted by Crippen LogP contribution is -2.57. The zero-order valence-corrected chi connectivity index (χ0v) is 16.9. The van der Waals surface area contributed by atoms with Crippen LogP contribution in [-0.2, 0) is 20.9 Å². The normalized spacial score (nSPS) is 19.4. The number of amides is 1. The minimum absolute atomic E-state index is 0.102. The minimum atomic E-state index is -1.51. The number of rotatable bonds is 8. The summed E-state index contributed by atoms with van der Waals surface area (Å²) in [6.07, 6.45) is 0.229. The number of nitrogens with zero attached hydrogens (tertiary/aromatic N) is 2. The van der Waals surface area contributed by atoms with Gasteiger partial charge in [-0.2, -0.15) is 0 Å². The van der Waals surface area contributed by atoms with E-state index < -0.39 is 28.9 Å². The molecule has 0 radical (unpaired) electrons. The molecule has 0 aliphatic carbocycles. The Morgan fingerprint density at radius 3 is 2.47 bits per heavy atom. The molecule has 1 amide bonds. The van der Waals surface area contributed by atoms with E-state index in [9.17, 15) is 19.7 Å². The van der Waals surface area contributed by atoms with Crippen molar-refractivity contribution in [2.75, 3.05) is 20.8 Å². The van der Waals surface area contributed by atoms with Crippen molar-refractivity contribution in [3.8, 4) is 5.75 Å². The molecule has 1 aliphatic rings. The molecule has 0 aromatic heterocycles. The van der Waals surface area contributed by atoms with Gasteiger partial charge in [-0.15, -0.1) is 0 Å². The van der Waals surface area contributed by atoms with E-state index in [0.717, 1.165) is 5.56 Å². The summed E-state index contributed by atoms with van der Waals surface area (Å²) in [6.45, 7) is -0.397. The van der Waals surface area contributed by atoms with E-state index in [4.69, 9.17) is 9.47 Å². The Balaban J connectivity index is 2.18. The fraction of sp³-hybridized carbons (Fsp3) is 0.364. The first-order valence-electron chi connectivity index (χ1n) is 9.61. The fourth-order valence-corrected chi connectivity index (χ4v) is 4.29. The molecule has 30 heavy (non-hydrogen) atoms. The predicted octanol–water partition coefficient (Wildman–Crippen LogP) is 2.79. The summed E-state index contributed by atoms with van der Waals surface area (Å²) in [5.74, 6) is -1.42. The van der Waals surface area contributed by atoms with E-state index in [1.807, 2.05) is 30.3 Å². The second-order valence-corrected chi connectivity index (χ2v) is 7.19. The Bertz CT molecular complexity index is 932. The molecular formula is C22H24N2O6. The van der Waals surface area contributed by atoms with Gasteiger partial charge in [0.25, 0.3) is 0 Å². The molecule has 2 aromatic carbocycles. The molecule has 2 atom stereocenters. The fourth-order valence-electron chi connectivity index (χ4n) is 4.29. The summed E-state index contributed by atoms with van der Waals surface area (Å²) in [5, 5.41) is 11.6. The summed E-state index contributed by atoms with van der Waals surface area (Å²) in [5.41, 5.74) is -0.195. The van der Waals surface area contributed by atoms with Crippen molar-refractivity contribution < 1.29 is 24.0 Å². The van der Waals surface area contributed by atoms with Crippen LogP contribution in [0.2, 0.25) is 0 Å². The second kappa shape index (κ2) is 8.94. The third kappa shape index (κ3) is 3.85. The first kappa shape index (κ1) is 21.3. The molecule has 1 heterocycles. The Morgan fingerprint density at radius 1 is 1.17 bits per heavy atom. The lowest BCUT2D eigenvalue weighted by molar-refractivity contribution is -0.485. The van der Waals surface area contributed by atoms with Gasteiger partial charge in [0.1, 0.15) is 5.75 Å². The number of nitro groups is 1. The molecule has 2 aromatic rings. The van der Waals surface area contributed by atoms with Gasteiger partial charge in [-0.1, -0.05) is 48.5 Å². The van der Waals surface area contributed by atoms with Crippen molar-refractivity contribution >= 4 is 11.9 Å². The zero-order chi connectivity index (χ0) is 21.7. The molecule has 0 bridgehead atoms. The van der Waals surface area contributed by atoms with Crippen molar-refractivity contribution in [3.63, 3.8) is 0 Å². The molecule has 3 rings (SSSR count). The van der Waals surface area contributed by atoms with Gasteiger partial charge in [0.05, 0.1) is 20.1 Å². The van der Waals surface area contributed by atoms with Crippen molar-refractivity contribution in [1.29, 1.82) is 0 Å².